The summed E-state index contributed by atoms with van der Waals surface area (Å²) in [5, 5.41) is 15.9. The summed E-state index contributed by atoms with van der Waals surface area (Å²) in [6.07, 6.45) is 11.0. The molecule has 0 saturated carbocycles. The van der Waals surface area contributed by atoms with Crippen molar-refractivity contribution >= 4 is 22.2 Å². The lowest BCUT2D eigenvalue weighted by molar-refractivity contribution is -0.121. The Morgan fingerprint density at radius 1 is 1.38 bits per heavy atom. The Morgan fingerprint density at radius 2 is 2.33 bits per heavy atom. The van der Waals surface area contributed by atoms with Gasteiger partial charge in [0.25, 0.3) is 0 Å². The van der Waals surface area contributed by atoms with Gasteiger partial charge in [-0.3, -0.25) is 4.79 Å². The summed E-state index contributed by atoms with van der Waals surface area (Å²) in [4.78, 5) is 12.6. The van der Waals surface area contributed by atoms with Crippen molar-refractivity contribution in [2.75, 3.05) is 6.54 Å². The molecular weight excluding hydrogens is 286 g/mol. The number of aromatic nitrogens is 4. The third kappa shape index (κ3) is 3.87. The molecule has 1 amide bonds. The second-order valence-electron chi connectivity index (χ2n) is 5.26. The van der Waals surface area contributed by atoms with Crippen molar-refractivity contribution in [2.24, 2.45) is 0 Å². The van der Waals surface area contributed by atoms with E-state index in [0.29, 0.717) is 12.8 Å². The largest absolute Gasteiger partial charge is 0.356 e. The van der Waals surface area contributed by atoms with Gasteiger partial charge in [-0.1, -0.05) is 23.0 Å². The third-order valence-corrected chi connectivity index (χ3v) is 4.62. The normalized spacial score (nSPS) is 15.1. The third-order valence-electron chi connectivity index (χ3n) is 3.65. The fraction of sp³-hybridized carbons (Fsp3) is 0.571. The minimum absolute atomic E-state index is 0.0948. The highest BCUT2D eigenvalue weighted by atomic mass is 32.1. The van der Waals surface area contributed by atoms with Gasteiger partial charge in [-0.25, -0.2) is 0 Å². The lowest BCUT2D eigenvalue weighted by atomic mass is 9.97. The summed E-state index contributed by atoms with van der Waals surface area (Å²) in [5.74, 6) is 0.0948. The number of nitrogens with one attached hydrogen (secondary N) is 1. The Morgan fingerprint density at radius 3 is 3.14 bits per heavy atom. The summed E-state index contributed by atoms with van der Waals surface area (Å²) in [6, 6.07) is 0. The molecule has 0 atom stereocenters. The molecule has 6 nitrogen and oxygen atoms in total. The van der Waals surface area contributed by atoms with Crippen LogP contribution in [0.1, 0.15) is 43.5 Å². The Bertz CT molecular complexity index is 616. The van der Waals surface area contributed by atoms with E-state index < -0.39 is 0 Å². The number of hydrogen-bond donors (Lipinski definition) is 1. The van der Waals surface area contributed by atoms with Gasteiger partial charge in [-0.05, 0) is 32.1 Å². The highest BCUT2D eigenvalue weighted by molar-refractivity contribution is 7.16. The van der Waals surface area contributed by atoms with Crippen molar-refractivity contribution in [3.63, 3.8) is 0 Å². The number of carbonyl (C=O) groups is 1. The predicted molar refractivity (Wildman–Crippen MR) is 81.2 cm³/mol. The van der Waals surface area contributed by atoms with Crippen LogP contribution in [-0.4, -0.2) is 32.3 Å². The highest BCUT2D eigenvalue weighted by Crippen LogP contribution is 2.19. The van der Waals surface area contributed by atoms with Gasteiger partial charge < -0.3 is 5.32 Å². The van der Waals surface area contributed by atoms with E-state index in [4.69, 9.17) is 0 Å². The molecule has 0 spiro atoms. The first-order valence-corrected chi connectivity index (χ1v) is 8.23. The van der Waals surface area contributed by atoms with E-state index >= 15 is 0 Å². The monoisotopic (exact) mass is 305 g/mol. The maximum absolute atomic E-state index is 11.8. The maximum Gasteiger partial charge on any atom is 0.234 e. The Labute approximate surface area is 127 Å². The zero-order valence-corrected chi connectivity index (χ0v) is 12.7. The lowest BCUT2D eigenvalue weighted by Gasteiger charge is -2.12. The molecule has 2 aromatic rings. The minimum atomic E-state index is 0.0948. The number of carbonyl (C=O) groups excluding carboxylic acids is 1. The first kappa shape index (κ1) is 14.2. The molecule has 21 heavy (non-hydrogen) atoms. The molecule has 1 aliphatic carbocycles. The van der Waals surface area contributed by atoms with E-state index in [1.54, 1.807) is 10.8 Å². The molecule has 112 valence electrons. The fourth-order valence-electron chi connectivity index (χ4n) is 2.51. The van der Waals surface area contributed by atoms with Gasteiger partial charge in [0.1, 0.15) is 11.3 Å². The Balaban J connectivity index is 1.38. The average Bonchev–Trinajstić information content (AvgIpc) is 3.07. The summed E-state index contributed by atoms with van der Waals surface area (Å²) >= 11 is 1.48. The van der Waals surface area contributed by atoms with Crippen LogP contribution >= 0.6 is 11.3 Å². The molecule has 0 bridgehead atoms. The predicted octanol–water partition coefficient (Wildman–Crippen LogP) is 2.13. The van der Waals surface area contributed by atoms with Gasteiger partial charge in [-0.2, -0.15) is 9.61 Å². The molecule has 0 radical (unpaired) electrons. The summed E-state index contributed by atoms with van der Waals surface area (Å²) in [5.41, 5.74) is 1.50. The summed E-state index contributed by atoms with van der Waals surface area (Å²) in [7, 11) is 0. The van der Waals surface area contributed by atoms with Gasteiger partial charge in [0.05, 0.1) is 0 Å². The second kappa shape index (κ2) is 6.80. The highest BCUT2D eigenvalue weighted by Gasteiger charge is 2.09. The van der Waals surface area contributed by atoms with Crippen LogP contribution in [0, 0.1) is 0 Å². The number of nitrogens with zero attached hydrogens (tertiary/aromatic N) is 4. The van der Waals surface area contributed by atoms with E-state index in [1.165, 1.54) is 42.6 Å². The molecule has 0 aliphatic heterocycles. The van der Waals surface area contributed by atoms with Gasteiger partial charge >= 0.3 is 0 Å². The van der Waals surface area contributed by atoms with E-state index in [-0.39, 0.29) is 5.91 Å². The van der Waals surface area contributed by atoms with Crippen molar-refractivity contribution in [2.45, 2.75) is 44.9 Å². The first-order valence-electron chi connectivity index (χ1n) is 7.41. The fourth-order valence-corrected chi connectivity index (χ4v) is 3.32. The van der Waals surface area contributed by atoms with Crippen molar-refractivity contribution in [3.05, 3.63) is 23.0 Å². The molecular formula is C14H19N5OS. The SMILES string of the molecule is O=C(CCc1nn2cnnc2s1)NCCC1=CCCCC1. The summed E-state index contributed by atoms with van der Waals surface area (Å²) in [6.45, 7) is 0.746. The maximum atomic E-state index is 11.8. The van der Waals surface area contributed by atoms with Crippen LogP contribution in [0.3, 0.4) is 0 Å². The Hall–Kier alpha value is -1.76. The lowest BCUT2D eigenvalue weighted by Crippen LogP contribution is -2.25. The van der Waals surface area contributed by atoms with Crippen LogP contribution in [0.15, 0.2) is 18.0 Å². The van der Waals surface area contributed by atoms with Crippen LogP contribution in [0.25, 0.3) is 4.96 Å². The molecule has 0 aromatic carbocycles. The van der Waals surface area contributed by atoms with E-state index in [0.717, 1.165) is 22.9 Å². The van der Waals surface area contributed by atoms with Crippen molar-refractivity contribution in [1.29, 1.82) is 0 Å². The molecule has 1 aliphatic rings. The Kier molecular flexibility index (Phi) is 4.59. The second-order valence-corrected chi connectivity index (χ2v) is 6.30. The topological polar surface area (TPSA) is 72.2 Å². The van der Waals surface area contributed by atoms with Crippen LogP contribution in [0.2, 0.25) is 0 Å². The molecule has 0 fully saturated rings. The van der Waals surface area contributed by atoms with E-state index in [1.807, 2.05) is 0 Å². The van der Waals surface area contributed by atoms with Crippen molar-refractivity contribution in [3.8, 4) is 0 Å². The number of hydrogen-bond acceptors (Lipinski definition) is 5. The molecule has 2 heterocycles. The standard InChI is InChI=1S/C14H19N5OS/c20-12(15-9-8-11-4-2-1-3-5-11)6-7-13-18-19-10-16-17-14(19)21-13/h4,10H,1-3,5-9H2,(H,15,20). The molecule has 0 unspecified atom stereocenters. The van der Waals surface area contributed by atoms with Crippen molar-refractivity contribution < 1.29 is 4.79 Å². The first-order chi connectivity index (χ1) is 10.3. The summed E-state index contributed by atoms with van der Waals surface area (Å²) < 4.78 is 1.65. The van der Waals surface area contributed by atoms with Gasteiger partial charge in [0.2, 0.25) is 10.9 Å². The minimum Gasteiger partial charge on any atom is -0.356 e. The number of rotatable bonds is 6. The smallest absolute Gasteiger partial charge is 0.234 e. The molecule has 2 aromatic heterocycles. The van der Waals surface area contributed by atoms with Crippen molar-refractivity contribution in [1.82, 2.24) is 25.1 Å². The van der Waals surface area contributed by atoms with E-state index in [9.17, 15) is 4.79 Å². The number of amides is 1. The number of aryl methyl sites for hydroxylation is 1. The van der Waals surface area contributed by atoms with Gasteiger partial charge in [0.15, 0.2) is 0 Å². The average molecular weight is 305 g/mol. The van der Waals surface area contributed by atoms with Gasteiger partial charge in [0, 0.05) is 19.4 Å². The van der Waals surface area contributed by atoms with E-state index in [2.05, 4.69) is 26.7 Å². The zero-order chi connectivity index (χ0) is 14.5. The van der Waals surface area contributed by atoms with Crippen LogP contribution in [-0.2, 0) is 11.2 Å². The quantitative estimate of drug-likeness (QED) is 0.830. The van der Waals surface area contributed by atoms with Crippen LogP contribution < -0.4 is 5.32 Å². The van der Waals surface area contributed by atoms with Crippen LogP contribution in [0.5, 0.6) is 0 Å². The zero-order valence-electron chi connectivity index (χ0n) is 11.9. The molecule has 1 N–H and O–H groups in total. The van der Waals surface area contributed by atoms with Crippen LogP contribution in [0.4, 0.5) is 0 Å². The molecule has 7 heteroatoms. The number of fused-ring (bicyclic) bond motifs is 1. The molecule has 0 saturated heterocycles. The molecule has 3 rings (SSSR count). The van der Waals surface area contributed by atoms with Gasteiger partial charge in [-0.15, -0.1) is 10.2 Å². The number of allylic oxidation sites excluding steroid dienone is 1.